The predicted octanol–water partition coefficient (Wildman–Crippen LogP) is 3.48. The quantitative estimate of drug-likeness (QED) is 0.927. The second-order valence-electron chi connectivity index (χ2n) is 5.04. The molecule has 1 amide bonds. The van der Waals surface area contributed by atoms with Crippen molar-refractivity contribution in [1.82, 2.24) is 10.5 Å². The molecule has 106 valence electrons. The fourth-order valence-electron chi connectivity index (χ4n) is 2.26. The lowest BCUT2D eigenvalue weighted by Gasteiger charge is -2.17. The maximum Gasteiger partial charge on any atom is 0.257 e. The van der Waals surface area contributed by atoms with E-state index in [0.29, 0.717) is 17.0 Å². The smallest absolute Gasteiger partial charge is 0.257 e. The van der Waals surface area contributed by atoms with Crippen molar-refractivity contribution in [3.8, 4) is 0 Å². The highest BCUT2D eigenvalue weighted by Crippen LogP contribution is 2.19. The molecule has 1 heterocycles. The first-order chi connectivity index (χ1) is 9.52. The highest BCUT2D eigenvalue weighted by molar-refractivity contribution is 5.96. The molecular formula is C16H20N2O2. The standard InChI is InChI=1S/C16H20N2O2/c1-5-14(13-8-6-10(2)7-9-13)17-16(19)15-11(3)18-20-12(15)4/h6-9,14H,5H2,1-4H3,(H,17,19). The van der Waals surface area contributed by atoms with Gasteiger partial charge in [-0.15, -0.1) is 0 Å². The second kappa shape index (κ2) is 5.90. The average molecular weight is 272 g/mol. The Bertz CT molecular complexity index is 580. The highest BCUT2D eigenvalue weighted by Gasteiger charge is 2.20. The first kappa shape index (κ1) is 14.3. The molecule has 2 aromatic rings. The van der Waals surface area contributed by atoms with Gasteiger partial charge < -0.3 is 9.84 Å². The summed E-state index contributed by atoms with van der Waals surface area (Å²) in [6, 6.07) is 8.21. The fourth-order valence-corrected chi connectivity index (χ4v) is 2.26. The van der Waals surface area contributed by atoms with Crippen molar-refractivity contribution < 1.29 is 9.32 Å². The molecule has 0 fully saturated rings. The summed E-state index contributed by atoms with van der Waals surface area (Å²) in [6.45, 7) is 7.63. The van der Waals surface area contributed by atoms with Crippen LogP contribution in [0.2, 0.25) is 0 Å². The van der Waals surface area contributed by atoms with E-state index in [1.807, 2.05) is 6.92 Å². The molecule has 0 spiro atoms. The maximum absolute atomic E-state index is 12.3. The minimum Gasteiger partial charge on any atom is -0.361 e. The Balaban J connectivity index is 2.18. The summed E-state index contributed by atoms with van der Waals surface area (Å²) in [5, 5.41) is 6.87. The monoisotopic (exact) mass is 272 g/mol. The molecule has 4 nitrogen and oxygen atoms in total. The van der Waals surface area contributed by atoms with Gasteiger partial charge in [-0.25, -0.2) is 0 Å². The Labute approximate surface area is 119 Å². The van der Waals surface area contributed by atoms with E-state index in [-0.39, 0.29) is 11.9 Å². The van der Waals surface area contributed by atoms with E-state index in [0.717, 1.165) is 12.0 Å². The molecular weight excluding hydrogens is 252 g/mol. The van der Waals surface area contributed by atoms with Gasteiger partial charge in [-0.2, -0.15) is 0 Å². The Morgan fingerprint density at radius 1 is 1.25 bits per heavy atom. The number of rotatable bonds is 4. The number of carbonyl (C=O) groups is 1. The number of benzene rings is 1. The van der Waals surface area contributed by atoms with Gasteiger partial charge in [0.2, 0.25) is 0 Å². The van der Waals surface area contributed by atoms with E-state index in [4.69, 9.17) is 4.52 Å². The van der Waals surface area contributed by atoms with Crippen LogP contribution in [0.15, 0.2) is 28.8 Å². The molecule has 0 radical (unpaired) electrons. The minimum absolute atomic E-state index is 0.00296. The Morgan fingerprint density at radius 3 is 2.40 bits per heavy atom. The predicted molar refractivity (Wildman–Crippen MR) is 77.7 cm³/mol. The largest absolute Gasteiger partial charge is 0.361 e. The van der Waals surface area contributed by atoms with E-state index in [1.54, 1.807) is 13.8 Å². The summed E-state index contributed by atoms with van der Waals surface area (Å²) in [5.74, 6) is 0.424. The second-order valence-corrected chi connectivity index (χ2v) is 5.04. The summed E-state index contributed by atoms with van der Waals surface area (Å²) in [7, 11) is 0. The summed E-state index contributed by atoms with van der Waals surface area (Å²) >= 11 is 0. The van der Waals surface area contributed by atoms with E-state index in [9.17, 15) is 4.79 Å². The maximum atomic E-state index is 12.3. The molecule has 0 aliphatic carbocycles. The summed E-state index contributed by atoms with van der Waals surface area (Å²) in [6.07, 6.45) is 0.832. The zero-order valence-electron chi connectivity index (χ0n) is 12.4. The lowest BCUT2D eigenvalue weighted by molar-refractivity contribution is 0.0933. The van der Waals surface area contributed by atoms with Crippen molar-refractivity contribution in [2.24, 2.45) is 0 Å². The van der Waals surface area contributed by atoms with E-state index in [1.165, 1.54) is 5.56 Å². The lowest BCUT2D eigenvalue weighted by atomic mass is 10.0. The SMILES string of the molecule is CCC(NC(=O)c1c(C)noc1C)c1ccc(C)cc1. The Morgan fingerprint density at radius 2 is 1.90 bits per heavy atom. The van der Waals surface area contributed by atoms with Crippen LogP contribution in [0.4, 0.5) is 0 Å². The van der Waals surface area contributed by atoms with Gasteiger partial charge in [0.05, 0.1) is 11.7 Å². The lowest BCUT2D eigenvalue weighted by Crippen LogP contribution is -2.28. The third-order valence-electron chi connectivity index (χ3n) is 3.45. The molecule has 1 N–H and O–H groups in total. The van der Waals surface area contributed by atoms with Crippen molar-refractivity contribution >= 4 is 5.91 Å². The van der Waals surface area contributed by atoms with Crippen molar-refractivity contribution in [1.29, 1.82) is 0 Å². The zero-order chi connectivity index (χ0) is 14.7. The molecule has 0 aliphatic heterocycles. The van der Waals surface area contributed by atoms with Crippen LogP contribution in [0.3, 0.4) is 0 Å². The molecule has 0 saturated carbocycles. The van der Waals surface area contributed by atoms with Crippen LogP contribution in [0.1, 0.15) is 52.3 Å². The van der Waals surface area contributed by atoms with Crippen LogP contribution in [-0.4, -0.2) is 11.1 Å². The summed E-state index contributed by atoms with van der Waals surface area (Å²) in [4.78, 5) is 12.3. The topological polar surface area (TPSA) is 55.1 Å². The van der Waals surface area contributed by atoms with Crippen molar-refractivity contribution in [2.45, 2.75) is 40.2 Å². The van der Waals surface area contributed by atoms with Crippen LogP contribution in [0.5, 0.6) is 0 Å². The van der Waals surface area contributed by atoms with E-state index in [2.05, 4.69) is 41.7 Å². The first-order valence-electron chi connectivity index (χ1n) is 6.83. The molecule has 0 aliphatic rings. The van der Waals surface area contributed by atoms with Crippen molar-refractivity contribution in [3.05, 3.63) is 52.4 Å². The van der Waals surface area contributed by atoms with Gasteiger partial charge in [-0.05, 0) is 32.8 Å². The zero-order valence-corrected chi connectivity index (χ0v) is 12.4. The molecule has 2 rings (SSSR count). The molecule has 1 aromatic heterocycles. The van der Waals surface area contributed by atoms with Crippen LogP contribution >= 0.6 is 0 Å². The number of aryl methyl sites for hydroxylation is 3. The Hall–Kier alpha value is -2.10. The van der Waals surface area contributed by atoms with Crippen molar-refractivity contribution in [2.75, 3.05) is 0 Å². The Kier molecular flexibility index (Phi) is 4.23. The molecule has 0 bridgehead atoms. The molecule has 0 saturated heterocycles. The normalized spacial score (nSPS) is 12.2. The van der Waals surface area contributed by atoms with Gasteiger partial charge >= 0.3 is 0 Å². The number of nitrogens with one attached hydrogen (secondary N) is 1. The third kappa shape index (κ3) is 2.90. The first-order valence-corrected chi connectivity index (χ1v) is 6.83. The van der Waals surface area contributed by atoms with Gasteiger partial charge in [0.1, 0.15) is 11.3 Å². The van der Waals surface area contributed by atoms with Gasteiger partial charge in [-0.1, -0.05) is 41.9 Å². The number of hydrogen-bond donors (Lipinski definition) is 1. The number of aromatic nitrogens is 1. The number of nitrogens with zero attached hydrogens (tertiary/aromatic N) is 1. The fraction of sp³-hybridized carbons (Fsp3) is 0.375. The van der Waals surface area contributed by atoms with Crippen LogP contribution in [-0.2, 0) is 0 Å². The van der Waals surface area contributed by atoms with Gasteiger partial charge in [0.25, 0.3) is 5.91 Å². The van der Waals surface area contributed by atoms with Crippen LogP contribution in [0.25, 0.3) is 0 Å². The van der Waals surface area contributed by atoms with Gasteiger partial charge in [0.15, 0.2) is 0 Å². The van der Waals surface area contributed by atoms with E-state index >= 15 is 0 Å². The third-order valence-corrected chi connectivity index (χ3v) is 3.45. The number of amides is 1. The number of carbonyl (C=O) groups excluding carboxylic acids is 1. The molecule has 1 unspecified atom stereocenters. The molecule has 20 heavy (non-hydrogen) atoms. The van der Waals surface area contributed by atoms with Gasteiger partial charge in [0, 0.05) is 0 Å². The minimum atomic E-state index is -0.131. The highest BCUT2D eigenvalue weighted by atomic mass is 16.5. The molecule has 1 aromatic carbocycles. The van der Waals surface area contributed by atoms with Crippen LogP contribution in [0, 0.1) is 20.8 Å². The average Bonchev–Trinajstić information content (AvgIpc) is 2.76. The number of hydrogen-bond acceptors (Lipinski definition) is 3. The molecule has 1 atom stereocenters. The summed E-state index contributed by atoms with van der Waals surface area (Å²) < 4.78 is 5.04. The summed E-state index contributed by atoms with van der Waals surface area (Å²) in [5.41, 5.74) is 3.48. The molecule has 4 heteroatoms. The van der Waals surface area contributed by atoms with E-state index < -0.39 is 0 Å². The van der Waals surface area contributed by atoms with Crippen LogP contribution < -0.4 is 5.32 Å². The van der Waals surface area contributed by atoms with Gasteiger partial charge in [-0.3, -0.25) is 4.79 Å². The van der Waals surface area contributed by atoms with Crippen molar-refractivity contribution in [3.63, 3.8) is 0 Å².